The molecule has 0 heterocycles. The van der Waals surface area contributed by atoms with Crippen LogP contribution in [0, 0.1) is 0 Å². The van der Waals surface area contributed by atoms with Crippen molar-refractivity contribution >= 4 is 13.9 Å². The van der Waals surface area contributed by atoms with Gasteiger partial charge in [-0.1, -0.05) is 83.3 Å². The number of carbonyl (C=O) groups is 1. The zero-order valence-corrected chi connectivity index (χ0v) is 17.8. The van der Waals surface area contributed by atoms with E-state index in [0.717, 1.165) is 30.4 Å². The quantitative estimate of drug-likeness (QED) is 0.204. The Morgan fingerprint density at radius 1 is 1.00 bits per heavy atom. The molecule has 0 N–H and O–H groups in total. The first-order chi connectivity index (χ1) is 11.4. The number of carbonyl (C=O) groups excluding carboxylic acids is 1. The topological polar surface area (TPSA) is 17.1 Å². The van der Waals surface area contributed by atoms with Crippen LogP contribution in [0.4, 0.5) is 0 Å². The van der Waals surface area contributed by atoms with Gasteiger partial charge in [0.1, 0.15) is 0 Å². The predicted molar refractivity (Wildman–Crippen MR) is 110 cm³/mol. The molecule has 0 aromatic heterocycles. The van der Waals surface area contributed by atoms with Crippen molar-refractivity contribution in [2.24, 2.45) is 0 Å². The molecule has 1 nitrogen and oxygen atoms in total. The molecule has 0 aromatic carbocycles. The summed E-state index contributed by atoms with van der Waals surface area (Å²) in [4.78, 5) is 12.9. The van der Waals surface area contributed by atoms with Crippen LogP contribution < -0.4 is 0 Å². The highest BCUT2D eigenvalue weighted by molar-refractivity contribution is 6.81. The van der Waals surface area contributed by atoms with E-state index >= 15 is 0 Å². The standard InChI is InChI=1S/C22H40OSi/c1-5-6-7-8-9-10-11-13-18-21(19-24(2,3)4)22(23)20-16-14-12-15-17-20/h16,19H,5-15,17-18H2,1-4H3. The van der Waals surface area contributed by atoms with Crippen LogP contribution in [-0.2, 0) is 4.79 Å². The van der Waals surface area contributed by atoms with Crippen molar-refractivity contribution < 1.29 is 4.79 Å². The van der Waals surface area contributed by atoms with Gasteiger partial charge in [-0.25, -0.2) is 0 Å². The van der Waals surface area contributed by atoms with Gasteiger partial charge in [-0.15, -0.1) is 0 Å². The van der Waals surface area contributed by atoms with Gasteiger partial charge in [-0.3, -0.25) is 4.79 Å². The summed E-state index contributed by atoms with van der Waals surface area (Å²) in [5.74, 6) is 0.375. The summed E-state index contributed by atoms with van der Waals surface area (Å²) in [6.07, 6.45) is 18.4. The number of ketones is 1. The number of allylic oxidation sites excluding steroid dienone is 3. The second-order valence-electron chi connectivity index (χ2n) is 8.56. The fourth-order valence-corrected chi connectivity index (χ4v) is 4.79. The molecule has 1 rings (SSSR count). The molecule has 0 radical (unpaired) electrons. The highest BCUT2D eigenvalue weighted by Crippen LogP contribution is 2.25. The molecule has 1 aliphatic rings. The summed E-state index contributed by atoms with van der Waals surface area (Å²) >= 11 is 0. The van der Waals surface area contributed by atoms with E-state index in [1.165, 1.54) is 64.2 Å². The number of unbranched alkanes of at least 4 members (excludes halogenated alkanes) is 7. The van der Waals surface area contributed by atoms with Crippen molar-refractivity contribution in [2.75, 3.05) is 0 Å². The van der Waals surface area contributed by atoms with Crippen molar-refractivity contribution in [3.05, 3.63) is 22.9 Å². The normalized spacial score (nSPS) is 16.2. The Labute approximate surface area is 152 Å². The molecule has 0 saturated carbocycles. The van der Waals surface area contributed by atoms with E-state index in [4.69, 9.17) is 0 Å². The van der Waals surface area contributed by atoms with Gasteiger partial charge in [0.15, 0.2) is 5.78 Å². The molecule has 0 amide bonds. The molecule has 0 saturated heterocycles. The van der Waals surface area contributed by atoms with Gasteiger partial charge >= 0.3 is 0 Å². The van der Waals surface area contributed by atoms with Crippen LogP contribution in [0.25, 0.3) is 0 Å². The lowest BCUT2D eigenvalue weighted by atomic mass is 9.91. The molecule has 138 valence electrons. The maximum atomic E-state index is 12.9. The van der Waals surface area contributed by atoms with Gasteiger partial charge in [0, 0.05) is 0 Å². The lowest BCUT2D eigenvalue weighted by Gasteiger charge is -2.17. The van der Waals surface area contributed by atoms with Gasteiger partial charge in [0.05, 0.1) is 8.07 Å². The van der Waals surface area contributed by atoms with Crippen LogP contribution >= 0.6 is 0 Å². The Kier molecular flexibility index (Phi) is 10.6. The minimum Gasteiger partial charge on any atom is -0.289 e. The number of hydrogen-bond acceptors (Lipinski definition) is 1. The van der Waals surface area contributed by atoms with E-state index in [1.807, 2.05) is 0 Å². The monoisotopic (exact) mass is 348 g/mol. The highest BCUT2D eigenvalue weighted by atomic mass is 28.3. The van der Waals surface area contributed by atoms with Crippen LogP contribution in [0.15, 0.2) is 22.9 Å². The molecular formula is C22H40OSi. The molecule has 0 aromatic rings. The molecule has 0 bridgehead atoms. The zero-order chi connectivity index (χ0) is 17.8. The Hall–Kier alpha value is -0.633. The SMILES string of the molecule is CCCCCCCCCCC(=C[Si](C)(C)C)C(=O)C1=CCCCC1. The minimum atomic E-state index is -1.35. The summed E-state index contributed by atoms with van der Waals surface area (Å²) < 4.78 is 0. The predicted octanol–water partition coefficient (Wildman–Crippen LogP) is 7.39. The van der Waals surface area contributed by atoms with E-state index in [1.54, 1.807) is 0 Å². The van der Waals surface area contributed by atoms with Crippen LogP contribution in [0.5, 0.6) is 0 Å². The van der Waals surface area contributed by atoms with Crippen molar-refractivity contribution in [1.29, 1.82) is 0 Å². The van der Waals surface area contributed by atoms with E-state index < -0.39 is 8.07 Å². The lowest BCUT2D eigenvalue weighted by molar-refractivity contribution is -0.112. The molecule has 0 atom stereocenters. The summed E-state index contributed by atoms with van der Waals surface area (Å²) in [7, 11) is -1.35. The largest absolute Gasteiger partial charge is 0.289 e. The second-order valence-corrected chi connectivity index (χ2v) is 13.6. The van der Waals surface area contributed by atoms with Crippen molar-refractivity contribution in [3.8, 4) is 0 Å². The first-order valence-electron chi connectivity index (χ1n) is 10.4. The molecule has 0 spiro atoms. The Morgan fingerprint density at radius 3 is 2.17 bits per heavy atom. The minimum absolute atomic E-state index is 0.375. The molecule has 1 aliphatic carbocycles. The molecule has 24 heavy (non-hydrogen) atoms. The number of Topliss-reactive ketones (excluding diaryl/α,β-unsaturated/α-hetero) is 1. The first kappa shape index (κ1) is 21.4. The molecule has 0 aliphatic heterocycles. The summed E-state index contributed by atoms with van der Waals surface area (Å²) in [5.41, 5.74) is 4.60. The van der Waals surface area contributed by atoms with Crippen LogP contribution in [0.2, 0.25) is 19.6 Å². The Bertz CT molecular complexity index is 426. The third kappa shape index (κ3) is 9.61. The van der Waals surface area contributed by atoms with Crippen molar-refractivity contribution in [3.63, 3.8) is 0 Å². The molecule has 0 unspecified atom stereocenters. The average Bonchev–Trinajstić information content (AvgIpc) is 2.55. The Balaban J connectivity index is 2.45. The molecule has 2 heteroatoms. The Morgan fingerprint density at radius 2 is 1.62 bits per heavy atom. The fraction of sp³-hybridized carbons (Fsp3) is 0.773. The van der Waals surface area contributed by atoms with Crippen LogP contribution in [0.3, 0.4) is 0 Å². The number of hydrogen-bond donors (Lipinski definition) is 0. The van der Waals surface area contributed by atoms with Crippen molar-refractivity contribution in [1.82, 2.24) is 0 Å². The van der Waals surface area contributed by atoms with E-state index in [0.29, 0.717) is 5.78 Å². The first-order valence-corrected chi connectivity index (χ1v) is 14.0. The maximum Gasteiger partial charge on any atom is 0.183 e. The maximum absolute atomic E-state index is 12.9. The second kappa shape index (κ2) is 11.8. The summed E-state index contributed by atoms with van der Waals surface area (Å²) in [6, 6.07) is 0. The van der Waals surface area contributed by atoms with Crippen LogP contribution in [0.1, 0.15) is 90.4 Å². The van der Waals surface area contributed by atoms with Gasteiger partial charge in [0.2, 0.25) is 0 Å². The molecule has 0 fully saturated rings. The van der Waals surface area contributed by atoms with Gasteiger partial charge < -0.3 is 0 Å². The van der Waals surface area contributed by atoms with Gasteiger partial charge in [-0.05, 0) is 49.7 Å². The third-order valence-electron chi connectivity index (χ3n) is 4.78. The summed E-state index contributed by atoms with van der Waals surface area (Å²) in [5, 5.41) is 0. The zero-order valence-electron chi connectivity index (χ0n) is 16.8. The van der Waals surface area contributed by atoms with E-state index in [-0.39, 0.29) is 0 Å². The summed E-state index contributed by atoms with van der Waals surface area (Å²) in [6.45, 7) is 9.28. The fourth-order valence-electron chi connectivity index (χ4n) is 3.47. The number of rotatable bonds is 12. The van der Waals surface area contributed by atoms with E-state index in [2.05, 4.69) is 38.3 Å². The average molecular weight is 349 g/mol. The smallest absolute Gasteiger partial charge is 0.183 e. The van der Waals surface area contributed by atoms with Gasteiger partial charge in [0.25, 0.3) is 0 Å². The van der Waals surface area contributed by atoms with E-state index in [9.17, 15) is 4.79 Å². The van der Waals surface area contributed by atoms with Gasteiger partial charge in [-0.2, -0.15) is 0 Å². The van der Waals surface area contributed by atoms with Crippen molar-refractivity contribution in [2.45, 2.75) is 110 Å². The third-order valence-corrected chi connectivity index (χ3v) is 6.00. The lowest BCUT2D eigenvalue weighted by Crippen LogP contribution is -2.20. The highest BCUT2D eigenvalue weighted by Gasteiger charge is 2.20. The molecular weight excluding hydrogens is 308 g/mol. The van der Waals surface area contributed by atoms with Crippen LogP contribution in [-0.4, -0.2) is 13.9 Å².